The third-order valence-electron chi connectivity index (χ3n) is 8.31. The monoisotopic (exact) mass is 714 g/mol. The molecule has 0 radical (unpaired) electrons. The Hall–Kier alpha value is -4.99. The average molecular weight is 715 g/mol. The van der Waals surface area contributed by atoms with E-state index in [9.17, 15) is 13.2 Å². The third kappa shape index (κ3) is 7.44. The summed E-state index contributed by atoms with van der Waals surface area (Å²) in [7, 11) is -3.35. The van der Waals surface area contributed by atoms with Crippen molar-refractivity contribution >= 4 is 46.2 Å². The van der Waals surface area contributed by atoms with Gasteiger partial charge in [0.1, 0.15) is 35.8 Å². The molecule has 6 rings (SSSR count). The molecule has 2 N–H and O–H groups in total. The van der Waals surface area contributed by atoms with Crippen LogP contribution in [0.3, 0.4) is 0 Å². The molecule has 0 fully saturated rings. The van der Waals surface area contributed by atoms with Crippen molar-refractivity contribution in [3.8, 4) is 22.6 Å². The molecule has 0 spiro atoms. The van der Waals surface area contributed by atoms with Gasteiger partial charge in [-0.25, -0.2) is 22.9 Å². The molecule has 0 aliphatic carbocycles. The number of hydrogen-bond acceptors (Lipinski definition) is 9. The molecule has 1 atom stereocenters. The zero-order chi connectivity index (χ0) is 35.8. The van der Waals surface area contributed by atoms with Crippen LogP contribution in [0.5, 0.6) is 5.75 Å². The molecule has 15 heteroatoms. The van der Waals surface area contributed by atoms with Crippen molar-refractivity contribution in [2.45, 2.75) is 52.3 Å². The highest BCUT2D eigenvalue weighted by molar-refractivity contribution is 7.92. The molecule has 0 aliphatic heterocycles. The molecule has 50 heavy (non-hydrogen) atoms. The molecule has 0 aliphatic rings. The van der Waals surface area contributed by atoms with E-state index in [1.54, 1.807) is 27.4 Å². The van der Waals surface area contributed by atoms with Crippen LogP contribution in [0.25, 0.3) is 33.4 Å². The predicted octanol–water partition coefficient (Wildman–Crippen LogP) is 6.07. The second-order valence-corrected chi connectivity index (χ2v) is 21.0. The van der Waals surface area contributed by atoms with E-state index in [1.807, 2.05) is 67.1 Å². The largest absolute Gasteiger partial charge is 0.497 e. The molecular formula is C35H42N8O5SSi. The first-order valence-electron chi connectivity index (χ1n) is 16.2. The maximum atomic E-state index is 14.0. The molecule has 0 amide bonds. The van der Waals surface area contributed by atoms with Crippen molar-refractivity contribution in [3.05, 3.63) is 95.1 Å². The molecule has 4 aromatic heterocycles. The number of aryl methyl sites for hydroxylation is 1. The van der Waals surface area contributed by atoms with Gasteiger partial charge >= 0.3 is 0 Å². The second-order valence-electron chi connectivity index (χ2n) is 13.6. The molecule has 1 unspecified atom stereocenters. The lowest BCUT2D eigenvalue weighted by Crippen LogP contribution is -2.29. The van der Waals surface area contributed by atoms with Gasteiger partial charge < -0.3 is 19.4 Å². The Labute approximate surface area is 292 Å². The number of rotatable bonds is 13. The summed E-state index contributed by atoms with van der Waals surface area (Å²) in [6, 6.07) is 17.0. The van der Waals surface area contributed by atoms with Crippen LogP contribution in [0.4, 0.5) is 11.5 Å². The summed E-state index contributed by atoms with van der Waals surface area (Å²) in [5, 5.41) is 9.11. The third-order valence-corrected chi connectivity index (χ3v) is 10.6. The lowest BCUT2D eigenvalue weighted by Gasteiger charge is -2.20. The van der Waals surface area contributed by atoms with E-state index >= 15 is 0 Å². The number of nitrogens with one attached hydrogen (secondary N) is 2. The highest BCUT2D eigenvalue weighted by Gasteiger charge is 2.24. The Balaban J connectivity index is 1.49. The number of fused-ring (bicyclic) bond motifs is 2. The van der Waals surface area contributed by atoms with Crippen molar-refractivity contribution in [1.82, 2.24) is 28.7 Å². The zero-order valence-corrected chi connectivity index (χ0v) is 31.1. The zero-order valence-electron chi connectivity index (χ0n) is 29.3. The van der Waals surface area contributed by atoms with Crippen LogP contribution in [0.2, 0.25) is 25.7 Å². The van der Waals surface area contributed by atoms with Gasteiger partial charge in [-0.2, -0.15) is 5.10 Å². The summed E-state index contributed by atoms with van der Waals surface area (Å²) in [4.78, 5) is 23.3. The number of aromatic nitrogens is 6. The SMILES string of the molecule is COc1cc(NS(C)(=O)=O)cc(-c2cn(COCC[Si](C)(C)C)c3ncnc(NC(C)c4nn5ccc(C)c5c(=O)n4-c4ccccc4)c23)c1. The van der Waals surface area contributed by atoms with Crippen molar-refractivity contribution in [1.29, 1.82) is 0 Å². The average Bonchev–Trinajstić information content (AvgIpc) is 3.63. The Bertz CT molecular complexity index is 2350. The molecule has 2 aromatic carbocycles. The van der Waals surface area contributed by atoms with Crippen molar-refractivity contribution in [2.75, 3.05) is 30.0 Å². The summed E-state index contributed by atoms with van der Waals surface area (Å²) < 4.78 is 43.8. The quantitative estimate of drug-likeness (QED) is 0.108. The van der Waals surface area contributed by atoms with Gasteiger partial charge in [0.05, 0.1) is 36.2 Å². The lowest BCUT2D eigenvalue weighted by atomic mass is 10.0. The van der Waals surface area contributed by atoms with E-state index < -0.39 is 24.1 Å². The molecular weight excluding hydrogens is 673 g/mol. The number of para-hydroxylation sites is 1. The molecule has 0 saturated carbocycles. The van der Waals surface area contributed by atoms with Gasteiger partial charge in [-0.3, -0.25) is 14.1 Å². The fourth-order valence-electron chi connectivity index (χ4n) is 5.85. The van der Waals surface area contributed by atoms with E-state index in [0.29, 0.717) is 57.5 Å². The molecule has 0 saturated heterocycles. The van der Waals surface area contributed by atoms with Gasteiger partial charge in [-0.15, -0.1) is 0 Å². The smallest absolute Gasteiger partial charge is 0.282 e. The van der Waals surface area contributed by atoms with E-state index in [1.165, 1.54) is 13.4 Å². The standard InChI is InChI=1S/C35H42N8O5SSi/c1-23-13-14-42-31(23)35(44)43(27-11-9-8-10-12-27)33(39-42)24(2)38-32-30-29(25-17-26(40-49(4,45)46)19-28(18-25)47-3)20-41(34(30)37-21-36-32)22-48-15-16-50(5,6)7/h8-14,17-21,24,40H,15-16,22H2,1-7H3,(H,36,37,38). The van der Waals surface area contributed by atoms with Crippen LogP contribution in [0.1, 0.15) is 24.4 Å². The summed E-state index contributed by atoms with van der Waals surface area (Å²) in [6.45, 7) is 11.6. The Morgan fingerprint density at radius 1 is 1.04 bits per heavy atom. The Morgan fingerprint density at radius 3 is 2.50 bits per heavy atom. The van der Waals surface area contributed by atoms with Gasteiger partial charge in [0, 0.05) is 38.7 Å². The van der Waals surface area contributed by atoms with E-state index in [4.69, 9.17) is 14.6 Å². The van der Waals surface area contributed by atoms with Crippen LogP contribution >= 0.6 is 0 Å². The minimum Gasteiger partial charge on any atom is -0.497 e. The number of methoxy groups -OCH3 is 1. The Morgan fingerprint density at radius 2 is 1.80 bits per heavy atom. The molecule has 0 bridgehead atoms. The topological polar surface area (TPSA) is 147 Å². The normalized spacial score (nSPS) is 12.8. The summed E-state index contributed by atoms with van der Waals surface area (Å²) >= 11 is 0. The van der Waals surface area contributed by atoms with Crippen molar-refractivity contribution < 1.29 is 17.9 Å². The maximum Gasteiger partial charge on any atom is 0.282 e. The van der Waals surface area contributed by atoms with Gasteiger partial charge in [0.25, 0.3) is 5.56 Å². The first-order valence-corrected chi connectivity index (χ1v) is 21.8. The highest BCUT2D eigenvalue weighted by Crippen LogP contribution is 2.38. The lowest BCUT2D eigenvalue weighted by molar-refractivity contribution is 0.0899. The van der Waals surface area contributed by atoms with Crippen LogP contribution in [0, 0.1) is 6.92 Å². The van der Waals surface area contributed by atoms with E-state index in [2.05, 4.69) is 39.6 Å². The van der Waals surface area contributed by atoms with Crippen LogP contribution in [-0.4, -0.2) is 65.2 Å². The molecule has 13 nitrogen and oxygen atoms in total. The number of ether oxygens (including phenoxy) is 2. The van der Waals surface area contributed by atoms with E-state index in [-0.39, 0.29) is 12.3 Å². The Kier molecular flexibility index (Phi) is 9.57. The number of sulfonamides is 1. The van der Waals surface area contributed by atoms with Crippen LogP contribution in [-0.2, 0) is 21.5 Å². The summed E-state index contributed by atoms with van der Waals surface area (Å²) in [5.41, 5.74) is 4.20. The number of anilines is 2. The fraction of sp³-hybridized carbons (Fsp3) is 0.314. The molecule has 6 aromatic rings. The minimum atomic E-state index is -3.57. The predicted molar refractivity (Wildman–Crippen MR) is 200 cm³/mol. The minimum absolute atomic E-state index is 0.185. The fourth-order valence-corrected chi connectivity index (χ4v) is 7.15. The number of hydrogen-bond donors (Lipinski definition) is 2. The summed E-state index contributed by atoms with van der Waals surface area (Å²) in [6.07, 6.45) is 6.29. The van der Waals surface area contributed by atoms with Gasteiger partial charge in [-0.1, -0.05) is 37.8 Å². The number of nitrogens with zero attached hydrogens (tertiary/aromatic N) is 6. The first-order chi connectivity index (χ1) is 23.7. The highest BCUT2D eigenvalue weighted by atomic mass is 32.2. The second kappa shape index (κ2) is 13.7. The van der Waals surface area contributed by atoms with Crippen molar-refractivity contribution in [3.63, 3.8) is 0 Å². The van der Waals surface area contributed by atoms with Crippen molar-refractivity contribution in [2.24, 2.45) is 0 Å². The van der Waals surface area contributed by atoms with Crippen LogP contribution < -0.4 is 20.3 Å². The van der Waals surface area contributed by atoms with Crippen LogP contribution in [0.15, 0.2) is 78.1 Å². The van der Waals surface area contributed by atoms with Gasteiger partial charge in [0.2, 0.25) is 10.0 Å². The first kappa shape index (κ1) is 34.9. The van der Waals surface area contributed by atoms with Gasteiger partial charge in [0.15, 0.2) is 5.82 Å². The summed E-state index contributed by atoms with van der Waals surface area (Å²) in [5.74, 6) is 1.44. The molecule has 4 heterocycles. The van der Waals surface area contributed by atoms with Gasteiger partial charge in [-0.05, 0) is 61.4 Å². The number of benzene rings is 2. The maximum absolute atomic E-state index is 14.0. The van der Waals surface area contributed by atoms with E-state index in [0.717, 1.165) is 23.4 Å². The molecule has 262 valence electrons.